The van der Waals surface area contributed by atoms with Gasteiger partial charge < -0.3 is 21.5 Å². The van der Waals surface area contributed by atoms with Crippen molar-refractivity contribution in [3.63, 3.8) is 0 Å². The predicted octanol–water partition coefficient (Wildman–Crippen LogP) is 3.92. The molecule has 1 aliphatic heterocycles. The van der Waals surface area contributed by atoms with Gasteiger partial charge in [-0.2, -0.15) is 0 Å². The number of anilines is 3. The Morgan fingerprint density at radius 1 is 1.07 bits per heavy atom. The molecule has 29 heavy (non-hydrogen) atoms. The van der Waals surface area contributed by atoms with E-state index in [1.807, 2.05) is 0 Å². The van der Waals surface area contributed by atoms with Gasteiger partial charge in [0.2, 0.25) is 0 Å². The maximum atomic E-state index is 12.8. The lowest BCUT2D eigenvalue weighted by Crippen LogP contribution is -2.05. The van der Waals surface area contributed by atoms with Crippen LogP contribution in [0, 0.1) is 6.92 Å². The number of hydrogen-bond donors (Lipinski definition) is 4. The van der Waals surface area contributed by atoms with E-state index < -0.39 is 0 Å². The number of phenolic OH excluding ortho intramolecular Hbond substituents is 1. The van der Waals surface area contributed by atoms with Gasteiger partial charge in [-0.1, -0.05) is 18.2 Å². The van der Waals surface area contributed by atoms with E-state index >= 15 is 0 Å². The van der Waals surface area contributed by atoms with E-state index in [2.05, 4.69) is 10.6 Å². The van der Waals surface area contributed by atoms with Gasteiger partial charge in [-0.15, -0.1) is 0 Å². The van der Waals surface area contributed by atoms with Crippen molar-refractivity contribution in [1.82, 2.24) is 0 Å². The monoisotopic (exact) mass is 385 g/mol. The third kappa shape index (κ3) is 3.55. The Labute approximate surface area is 167 Å². The predicted molar refractivity (Wildman–Crippen MR) is 114 cm³/mol. The molecule has 3 aromatic rings. The number of carbonyl (C=O) groups excluding carboxylic acids is 2. The van der Waals surface area contributed by atoms with Gasteiger partial charge in [-0.3, -0.25) is 9.59 Å². The van der Waals surface area contributed by atoms with Crippen molar-refractivity contribution in [3.05, 3.63) is 89.1 Å². The maximum absolute atomic E-state index is 12.8. The van der Waals surface area contributed by atoms with Crippen molar-refractivity contribution < 1.29 is 14.7 Å². The quantitative estimate of drug-likeness (QED) is 0.310. The second-order valence-corrected chi connectivity index (χ2v) is 6.87. The van der Waals surface area contributed by atoms with Gasteiger partial charge in [0, 0.05) is 46.0 Å². The van der Waals surface area contributed by atoms with E-state index in [-0.39, 0.29) is 17.4 Å². The molecule has 6 nitrogen and oxygen atoms in total. The van der Waals surface area contributed by atoms with Gasteiger partial charge in [-0.25, -0.2) is 0 Å². The molecule has 1 heterocycles. The maximum Gasteiger partial charge on any atom is 0.257 e. The number of hydrogen-bond acceptors (Lipinski definition) is 5. The summed E-state index contributed by atoms with van der Waals surface area (Å²) in [6, 6.07) is 17.0. The summed E-state index contributed by atoms with van der Waals surface area (Å²) in [5, 5.41) is 15.7. The van der Waals surface area contributed by atoms with E-state index in [1.165, 1.54) is 0 Å². The minimum Gasteiger partial charge on any atom is -0.508 e. The molecule has 5 N–H and O–H groups in total. The fourth-order valence-electron chi connectivity index (χ4n) is 3.17. The molecule has 0 saturated heterocycles. The molecule has 0 bridgehead atoms. The number of aromatic hydroxyl groups is 1. The Kier molecular flexibility index (Phi) is 4.52. The average molecular weight is 385 g/mol. The third-order valence-electron chi connectivity index (χ3n) is 4.81. The number of nitrogen functional groups attached to an aromatic ring is 1. The number of phenols is 1. The van der Waals surface area contributed by atoms with Gasteiger partial charge in [0.25, 0.3) is 5.91 Å². The molecule has 3 aromatic carbocycles. The molecule has 0 aromatic heterocycles. The summed E-state index contributed by atoms with van der Waals surface area (Å²) < 4.78 is 0. The number of rotatable bonds is 4. The summed E-state index contributed by atoms with van der Waals surface area (Å²) in [5.74, 6) is -0.271. The standard InChI is InChI=1S/C23H19N3O3/c1-13-5-7-17(11-21(13)27)25-12-19-18-10-15(6-8-20(18)26-23(19)29)22(28)14-3-2-4-16(24)9-14/h2-12,25,27H,24H2,1H3,(H,26,29). The minimum absolute atomic E-state index is 0.166. The Morgan fingerprint density at radius 3 is 2.62 bits per heavy atom. The van der Waals surface area contributed by atoms with E-state index in [9.17, 15) is 14.7 Å². The van der Waals surface area contributed by atoms with Crippen LogP contribution < -0.4 is 16.4 Å². The number of ketones is 1. The highest BCUT2D eigenvalue weighted by molar-refractivity contribution is 6.32. The highest BCUT2D eigenvalue weighted by Crippen LogP contribution is 2.33. The number of aryl methyl sites for hydroxylation is 1. The Bertz CT molecular complexity index is 1180. The summed E-state index contributed by atoms with van der Waals surface area (Å²) in [4.78, 5) is 25.2. The summed E-state index contributed by atoms with van der Waals surface area (Å²) in [6.45, 7) is 1.80. The highest BCUT2D eigenvalue weighted by Gasteiger charge is 2.25. The van der Waals surface area contributed by atoms with Crippen molar-refractivity contribution in [2.24, 2.45) is 0 Å². The fourth-order valence-corrected chi connectivity index (χ4v) is 3.17. The minimum atomic E-state index is -0.266. The molecule has 0 unspecified atom stereocenters. The molecule has 1 amide bonds. The summed E-state index contributed by atoms with van der Waals surface area (Å²) in [6.07, 6.45) is 1.57. The van der Waals surface area contributed by atoms with Crippen LogP contribution in [0.1, 0.15) is 27.0 Å². The molecule has 0 saturated carbocycles. The molecule has 0 spiro atoms. The molecular formula is C23H19N3O3. The van der Waals surface area contributed by atoms with Crippen LogP contribution in [0.4, 0.5) is 17.1 Å². The lowest BCUT2D eigenvalue weighted by Gasteiger charge is -2.07. The van der Waals surface area contributed by atoms with E-state index in [0.717, 1.165) is 5.56 Å². The number of amides is 1. The first-order valence-electron chi connectivity index (χ1n) is 9.05. The largest absolute Gasteiger partial charge is 0.508 e. The van der Waals surface area contributed by atoms with Gasteiger partial charge >= 0.3 is 0 Å². The van der Waals surface area contributed by atoms with Crippen LogP contribution in [-0.2, 0) is 4.79 Å². The molecule has 6 heteroatoms. The molecular weight excluding hydrogens is 366 g/mol. The van der Waals surface area contributed by atoms with Crippen molar-refractivity contribution in [1.29, 1.82) is 0 Å². The molecule has 4 rings (SSSR count). The number of benzene rings is 3. The molecule has 0 aliphatic carbocycles. The first-order chi connectivity index (χ1) is 13.9. The number of fused-ring (bicyclic) bond motifs is 1. The number of nitrogens with two attached hydrogens (primary N) is 1. The zero-order chi connectivity index (χ0) is 20.5. The second kappa shape index (κ2) is 7.16. The van der Waals surface area contributed by atoms with Gasteiger partial charge in [0.15, 0.2) is 5.78 Å². The SMILES string of the molecule is Cc1ccc(NC=C2C(=O)Nc3ccc(C(=O)c4cccc(N)c4)cc32)cc1O. The smallest absolute Gasteiger partial charge is 0.257 e. The summed E-state index contributed by atoms with van der Waals surface area (Å²) in [5.41, 5.74) is 10.3. The molecule has 144 valence electrons. The molecule has 1 aliphatic rings. The van der Waals surface area contributed by atoms with Crippen LogP contribution in [0.15, 0.2) is 66.9 Å². The second-order valence-electron chi connectivity index (χ2n) is 6.87. The van der Waals surface area contributed by atoms with Crippen LogP contribution in [0.3, 0.4) is 0 Å². The van der Waals surface area contributed by atoms with Gasteiger partial charge in [0.1, 0.15) is 5.75 Å². The average Bonchev–Trinajstić information content (AvgIpc) is 3.02. The van der Waals surface area contributed by atoms with Crippen LogP contribution in [0.2, 0.25) is 0 Å². The van der Waals surface area contributed by atoms with Crippen molar-refractivity contribution >= 4 is 34.3 Å². The topological polar surface area (TPSA) is 104 Å². The van der Waals surface area contributed by atoms with Crippen LogP contribution in [-0.4, -0.2) is 16.8 Å². The summed E-state index contributed by atoms with van der Waals surface area (Å²) in [7, 11) is 0. The van der Waals surface area contributed by atoms with E-state index in [0.29, 0.717) is 39.3 Å². The Morgan fingerprint density at radius 2 is 1.86 bits per heavy atom. The van der Waals surface area contributed by atoms with Crippen molar-refractivity contribution in [2.45, 2.75) is 6.92 Å². The first-order valence-corrected chi connectivity index (χ1v) is 9.05. The van der Waals surface area contributed by atoms with Crippen molar-refractivity contribution in [2.75, 3.05) is 16.4 Å². The Balaban J connectivity index is 1.66. The molecule has 0 fully saturated rings. The normalized spacial score (nSPS) is 13.8. The number of nitrogens with one attached hydrogen (secondary N) is 2. The van der Waals surface area contributed by atoms with Crippen LogP contribution in [0.5, 0.6) is 5.75 Å². The van der Waals surface area contributed by atoms with E-state index in [4.69, 9.17) is 5.73 Å². The third-order valence-corrected chi connectivity index (χ3v) is 4.81. The zero-order valence-electron chi connectivity index (χ0n) is 15.7. The number of carbonyl (C=O) groups is 2. The lowest BCUT2D eigenvalue weighted by atomic mass is 9.98. The summed E-state index contributed by atoms with van der Waals surface area (Å²) >= 11 is 0. The van der Waals surface area contributed by atoms with Crippen LogP contribution in [0.25, 0.3) is 5.57 Å². The first kappa shape index (κ1) is 18.3. The lowest BCUT2D eigenvalue weighted by molar-refractivity contribution is -0.110. The van der Waals surface area contributed by atoms with Gasteiger partial charge in [0.05, 0.1) is 5.57 Å². The van der Waals surface area contributed by atoms with E-state index in [1.54, 1.807) is 73.8 Å². The van der Waals surface area contributed by atoms with Crippen molar-refractivity contribution in [3.8, 4) is 5.75 Å². The van der Waals surface area contributed by atoms with Crippen LogP contribution >= 0.6 is 0 Å². The zero-order valence-corrected chi connectivity index (χ0v) is 15.7. The Hall–Kier alpha value is -4.06. The molecule has 0 radical (unpaired) electrons. The highest BCUT2D eigenvalue weighted by atomic mass is 16.3. The molecule has 0 atom stereocenters. The van der Waals surface area contributed by atoms with Gasteiger partial charge in [-0.05, 0) is 48.9 Å². The fraction of sp³-hybridized carbons (Fsp3) is 0.0435.